The Kier molecular flexibility index (Phi) is 3.39. The van der Waals surface area contributed by atoms with Gasteiger partial charge >= 0.3 is 6.03 Å². The van der Waals surface area contributed by atoms with Gasteiger partial charge in [-0.15, -0.1) is 0 Å². The summed E-state index contributed by atoms with van der Waals surface area (Å²) in [6.45, 7) is 1.19. The van der Waals surface area contributed by atoms with Crippen LogP contribution < -0.4 is 15.8 Å². The van der Waals surface area contributed by atoms with Gasteiger partial charge in [-0.25, -0.2) is 4.79 Å². The zero-order chi connectivity index (χ0) is 14.8. The highest BCUT2D eigenvalue weighted by Gasteiger charge is 2.23. The number of rotatable bonds is 2. The first-order valence-electron chi connectivity index (χ1n) is 6.73. The molecule has 5 heteroatoms. The van der Waals surface area contributed by atoms with Gasteiger partial charge in [-0.3, -0.25) is 0 Å². The first-order chi connectivity index (χ1) is 10.2. The zero-order valence-corrected chi connectivity index (χ0v) is 11.8. The van der Waals surface area contributed by atoms with Crippen molar-refractivity contribution < 1.29 is 9.53 Å². The molecule has 0 unspecified atom stereocenters. The van der Waals surface area contributed by atoms with E-state index in [1.807, 2.05) is 42.5 Å². The van der Waals surface area contributed by atoms with Crippen molar-refractivity contribution in [2.75, 3.05) is 18.2 Å². The molecule has 3 N–H and O–H groups in total. The predicted octanol–water partition coefficient (Wildman–Crippen LogP) is 2.83. The molecule has 2 amide bonds. The standard InChI is InChI=1S/C16H17N3O2/c1-21-15-6-4-14(5-7-15)18-16(20)19-9-11-2-3-13(17)8-12(11)10-19/h2-8H,9-10,17H2,1H3,(H,18,20). The fourth-order valence-electron chi connectivity index (χ4n) is 2.43. The minimum atomic E-state index is -0.116. The maximum Gasteiger partial charge on any atom is 0.322 e. The lowest BCUT2D eigenvalue weighted by atomic mass is 10.1. The lowest BCUT2D eigenvalue weighted by molar-refractivity contribution is 0.212. The lowest BCUT2D eigenvalue weighted by Gasteiger charge is -2.16. The van der Waals surface area contributed by atoms with Crippen LogP contribution in [0.25, 0.3) is 0 Å². The van der Waals surface area contributed by atoms with Crippen LogP contribution in [0.1, 0.15) is 11.1 Å². The first-order valence-corrected chi connectivity index (χ1v) is 6.73. The summed E-state index contributed by atoms with van der Waals surface area (Å²) < 4.78 is 5.09. The maximum absolute atomic E-state index is 12.3. The SMILES string of the molecule is COc1ccc(NC(=O)N2Cc3ccc(N)cc3C2)cc1. The van der Waals surface area contributed by atoms with Crippen molar-refractivity contribution in [1.29, 1.82) is 0 Å². The van der Waals surface area contributed by atoms with Crippen LogP contribution >= 0.6 is 0 Å². The minimum absolute atomic E-state index is 0.116. The monoisotopic (exact) mass is 283 g/mol. The van der Waals surface area contributed by atoms with Crippen LogP contribution in [0.15, 0.2) is 42.5 Å². The number of hydrogen-bond acceptors (Lipinski definition) is 3. The summed E-state index contributed by atoms with van der Waals surface area (Å²) in [5.74, 6) is 0.761. The second-order valence-electron chi connectivity index (χ2n) is 5.04. The summed E-state index contributed by atoms with van der Waals surface area (Å²) in [5.41, 5.74) is 9.51. The van der Waals surface area contributed by atoms with E-state index in [1.165, 1.54) is 0 Å². The van der Waals surface area contributed by atoms with E-state index in [0.29, 0.717) is 13.1 Å². The van der Waals surface area contributed by atoms with Gasteiger partial charge in [0.25, 0.3) is 0 Å². The summed E-state index contributed by atoms with van der Waals surface area (Å²) >= 11 is 0. The van der Waals surface area contributed by atoms with E-state index < -0.39 is 0 Å². The summed E-state index contributed by atoms with van der Waals surface area (Å²) in [5, 5.41) is 2.88. The van der Waals surface area contributed by atoms with Gasteiger partial charge in [-0.1, -0.05) is 6.07 Å². The maximum atomic E-state index is 12.3. The molecule has 1 aliphatic heterocycles. The van der Waals surface area contributed by atoms with E-state index >= 15 is 0 Å². The molecule has 0 aliphatic carbocycles. The van der Waals surface area contributed by atoms with E-state index in [-0.39, 0.29) is 6.03 Å². The smallest absolute Gasteiger partial charge is 0.322 e. The van der Waals surface area contributed by atoms with Crippen LogP contribution in [-0.2, 0) is 13.1 Å². The third-order valence-electron chi connectivity index (χ3n) is 3.58. The number of urea groups is 1. The number of nitrogens with zero attached hydrogens (tertiary/aromatic N) is 1. The Balaban J connectivity index is 1.67. The van der Waals surface area contributed by atoms with Crippen molar-refractivity contribution in [2.24, 2.45) is 0 Å². The van der Waals surface area contributed by atoms with Crippen molar-refractivity contribution >= 4 is 17.4 Å². The minimum Gasteiger partial charge on any atom is -0.497 e. The van der Waals surface area contributed by atoms with Crippen LogP contribution in [0.5, 0.6) is 5.75 Å². The molecule has 3 rings (SSSR count). The second kappa shape index (κ2) is 5.36. The number of methoxy groups -OCH3 is 1. The van der Waals surface area contributed by atoms with Crippen molar-refractivity contribution in [3.8, 4) is 5.75 Å². The van der Waals surface area contributed by atoms with Gasteiger partial charge in [0.1, 0.15) is 5.75 Å². The third-order valence-corrected chi connectivity index (χ3v) is 3.58. The number of fused-ring (bicyclic) bond motifs is 1. The van der Waals surface area contributed by atoms with Crippen LogP contribution in [0.3, 0.4) is 0 Å². The Hall–Kier alpha value is -2.69. The third kappa shape index (κ3) is 2.76. The fraction of sp³-hybridized carbons (Fsp3) is 0.188. The lowest BCUT2D eigenvalue weighted by Crippen LogP contribution is -2.30. The van der Waals surface area contributed by atoms with Gasteiger partial charge in [-0.2, -0.15) is 0 Å². The number of carbonyl (C=O) groups is 1. The molecule has 2 aromatic carbocycles. The molecule has 1 aliphatic rings. The molecule has 108 valence electrons. The molecule has 0 bridgehead atoms. The molecule has 0 radical (unpaired) electrons. The van der Waals surface area contributed by atoms with Gasteiger partial charge < -0.3 is 20.7 Å². The fourth-order valence-corrected chi connectivity index (χ4v) is 2.43. The molecule has 0 saturated heterocycles. The van der Waals surface area contributed by atoms with Crippen molar-refractivity contribution in [3.05, 3.63) is 53.6 Å². The number of hydrogen-bond donors (Lipinski definition) is 2. The number of amides is 2. The molecule has 2 aromatic rings. The molecule has 0 aromatic heterocycles. The van der Waals surface area contributed by atoms with E-state index in [0.717, 1.165) is 28.3 Å². The molecule has 0 saturated carbocycles. The largest absolute Gasteiger partial charge is 0.497 e. The van der Waals surface area contributed by atoms with E-state index in [4.69, 9.17) is 10.5 Å². The van der Waals surface area contributed by atoms with Crippen molar-refractivity contribution in [1.82, 2.24) is 4.90 Å². The highest BCUT2D eigenvalue weighted by molar-refractivity contribution is 5.89. The zero-order valence-electron chi connectivity index (χ0n) is 11.8. The van der Waals surface area contributed by atoms with E-state index in [2.05, 4.69) is 5.32 Å². The molecule has 1 heterocycles. The number of benzene rings is 2. The van der Waals surface area contributed by atoms with E-state index in [9.17, 15) is 4.79 Å². The van der Waals surface area contributed by atoms with Crippen LogP contribution in [0, 0.1) is 0 Å². The Morgan fingerprint density at radius 3 is 2.57 bits per heavy atom. The number of carbonyl (C=O) groups excluding carboxylic acids is 1. The van der Waals surface area contributed by atoms with Crippen LogP contribution in [-0.4, -0.2) is 18.0 Å². The highest BCUT2D eigenvalue weighted by Crippen LogP contribution is 2.25. The van der Waals surface area contributed by atoms with Gasteiger partial charge in [0, 0.05) is 24.5 Å². The molecular formula is C16H17N3O2. The van der Waals surface area contributed by atoms with Crippen molar-refractivity contribution in [3.63, 3.8) is 0 Å². The van der Waals surface area contributed by atoms with Gasteiger partial charge in [0.2, 0.25) is 0 Å². The highest BCUT2D eigenvalue weighted by atomic mass is 16.5. The number of nitrogens with two attached hydrogens (primary N) is 1. The van der Waals surface area contributed by atoms with Crippen LogP contribution in [0.4, 0.5) is 16.2 Å². The normalized spacial score (nSPS) is 12.9. The second-order valence-corrected chi connectivity index (χ2v) is 5.04. The quantitative estimate of drug-likeness (QED) is 0.833. The molecule has 21 heavy (non-hydrogen) atoms. The van der Waals surface area contributed by atoms with Crippen molar-refractivity contribution in [2.45, 2.75) is 13.1 Å². The van der Waals surface area contributed by atoms with Gasteiger partial charge in [-0.05, 0) is 47.5 Å². The first kappa shape index (κ1) is 13.3. The average molecular weight is 283 g/mol. The van der Waals surface area contributed by atoms with Gasteiger partial charge in [0.05, 0.1) is 7.11 Å². The van der Waals surface area contributed by atoms with Gasteiger partial charge in [0.15, 0.2) is 0 Å². The molecule has 5 nitrogen and oxygen atoms in total. The Morgan fingerprint density at radius 2 is 1.86 bits per heavy atom. The van der Waals surface area contributed by atoms with E-state index in [1.54, 1.807) is 12.0 Å². The predicted molar refractivity (Wildman–Crippen MR) is 82.1 cm³/mol. The summed E-state index contributed by atoms with van der Waals surface area (Å²) in [7, 11) is 1.61. The topological polar surface area (TPSA) is 67.6 Å². The Labute approximate surface area is 123 Å². The van der Waals surface area contributed by atoms with Crippen LogP contribution in [0.2, 0.25) is 0 Å². The molecule has 0 spiro atoms. The Bertz CT molecular complexity index is 668. The number of anilines is 2. The summed E-state index contributed by atoms with van der Waals surface area (Å²) in [6, 6.07) is 12.9. The summed E-state index contributed by atoms with van der Waals surface area (Å²) in [4.78, 5) is 14.0. The number of nitrogen functional groups attached to an aromatic ring is 1. The Morgan fingerprint density at radius 1 is 1.14 bits per heavy atom. The molecule has 0 fully saturated rings. The molecule has 0 atom stereocenters. The summed E-state index contributed by atoms with van der Waals surface area (Å²) in [6.07, 6.45) is 0. The average Bonchev–Trinajstić information content (AvgIpc) is 2.91. The molecular weight excluding hydrogens is 266 g/mol. The number of ether oxygens (including phenoxy) is 1. The number of nitrogens with one attached hydrogen (secondary N) is 1.